The van der Waals surface area contributed by atoms with Crippen molar-refractivity contribution >= 4 is 5.97 Å². The molecule has 0 spiro atoms. The molecule has 74 valence electrons. The molecule has 0 rings (SSSR count). The molecule has 0 aliphatic carbocycles. The lowest BCUT2D eigenvalue weighted by molar-refractivity contribution is -0.135. The van der Waals surface area contributed by atoms with Gasteiger partial charge in [0.05, 0.1) is 6.42 Å². The van der Waals surface area contributed by atoms with E-state index in [2.05, 4.69) is 23.5 Å². The van der Waals surface area contributed by atoms with Crippen molar-refractivity contribution in [1.29, 1.82) is 0 Å². The maximum Gasteiger partial charge on any atom is 0.307 e. The minimum atomic E-state index is -0.848. The van der Waals surface area contributed by atoms with Crippen molar-refractivity contribution in [3.8, 4) is 24.2 Å². The van der Waals surface area contributed by atoms with Gasteiger partial charge in [-0.2, -0.15) is 0 Å². The number of terminal acetylenes is 1. The van der Waals surface area contributed by atoms with Gasteiger partial charge >= 0.3 is 5.97 Å². The highest BCUT2D eigenvalue weighted by atomic mass is 16.4. The Labute approximate surface area is 89.3 Å². The van der Waals surface area contributed by atoms with E-state index >= 15 is 0 Å². The Morgan fingerprint density at radius 2 is 2.13 bits per heavy atom. The van der Waals surface area contributed by atoms with Crippen molar-refractivity contribution in [3.05, 3.63) is 42.2 Å². The van der Waals surface area contributed by atoms with Crippen LogP contribution in [0.25, 0.3) is 0 Å². The smallest absolute Gasteiger partial charge is 0.307 e. The molecule has 0 heterocycles. The minimum Gasteiger partial charge on any atom is -0.481 e. The van der Waals surface area contributed by atoms with Crippen molar-refractivity contribution in [2.24, 2.45) is 0 Å². The lowest BCUT2D eigenvalue weighted by Gasteiger charge is -1.79. The molecule has 2 nitrogen and oxygen atoms in total. The van der Waals surface area contributed by atoms with Gasteiger partial charge in [0.2, 0.25) is 0 Å². The van der Waals surface area contributed by atoms with E-state index in [1.54, 1.807) is 30.4 Å². The molecule has 0 aliphatic heterocycles. The standard InChI is InChI=1S/C13H10O2/c1-2-3-4-5-6-7-8-9-10-11-12-13(14)15/h1,5,7-11H,12H2,(H,14,15)/b9-8+,11-10+. The summed E-state index contributed by atoms with van der Waals surface area (Å²) in [6.07, 6.45) is 14.7. The number of rotatable bonds is 4. The van der Waals surface area contributed by atoms with E-state index in [4.69, 9.17) is 11.5 Å². The van der Waals surface area contributed by atoms with Gasteiger partial charge in [0.25, 0.3) is 0 Å². The summed E-state index contributed by atoms with van der Waals surface area (Å²) in [7, 11) is 0. The van der Waals surface area contributed by atoms with Crippen LogP contribution in [0.2, 0.25) is 0 Å². The molecule has 0 radical (unpaired) electrons. The molecule has 2 heteroatoms. The van der Waals surface area contributed by atoms with Gasteiger partial charge in [0.1, 0.15) is 0 Å². The Morgan fingerprint density at radius 1 is 1.33 bits per heavy atom. The van der Waals surface area contributed by atoms with E-state index < -0.39 is 5.97 Å². The summed E-state index contributed by atoms with van der Waals surface area (Å²) >= 11 is 0. The summed E-state index contributed by atoms with van der Waals surface area (Å²) in [6.45, 7) is 0. The zero-order chi connectivity index (χ0) is 11.4. The van der Waals surface area contributed by atoms with E-state index in [0.717, 1.165) is 0 Å². The zero-order valence-electron chi connectivity index (χ0n) is 8.10. The van der Waals surface area contributed by atoms with Crippen molar-refractivity contribution in [2.75, 3.05) is 0 Å². The normalized spacial score (nSPS) is 8.73. The molecule has 0 fully saturated rings. The Morgan fingerprint density at radius 3 is 2.80 bits per heavy atom. The van der Waals surface area contributed by atoms with Gasteiger partial charge in [-0.3, -0.25) is 4.79 Å². The summed E-state index contributed by atoms with van der Waals surface area (Å²) in [5.74, 6) is 6.30. The summed E-state index contributed by atoms with van der Waals surface area (Å²) in [6, 6.07) is 0. The second kappa shape index (κ2) is 9.68. The lowest BCUT2D eigenvalue weighted by atomic mass is 10.3. The number of carboxylic acid groups (broad SMARTS) is 1. The van der Waals surface area contributed by atoms with E-state index in [0.29, 0.717) is 0 Å². The Kier molecular flexibility index (Phi) is 8.12. The molecule has 0 bridgehead atoms. The molecular formula is C13H10O2. The maximum absolute atomic E-state index is 10.1. The highest BCUT2D eigenvalue weighted by Gasteiger charge is 1.86. The van der Waals surface area contributed by atoms with Gasteiger partial charge in [-0.25, -0.2) is 0 Å². The van der Waals surface area contributed by atoms with Gasteiger partial charge in [0.15, 0.2) is 0 Å². The molecule has 0 aromatic heterocycles. The van der Waals surface area contributed by atoms with Crippen LogP contribution in [0.4, 0.5) is 0 Å². The van der Waals surface area contributed by atoms with Crippen molar-refractivity contribution in [3.63, 3.8) is 0 Å². The summed E-state index contributed by atoms with van der Waals surface area (Å²) < 4.78 is 0. The van der Waals surface area contributed by atoms with Gasteiger partial charge in [-0.15, -0.1) is 12.2 Å². The molecule has 0 aromatic carbocycles. The third-order valence-electron chi connectivity index (χ3n) is 1.14. The van der Waals surface area contributed by atoms with Crippen molar-refractivity contribution < 1.29 is 9.90 Å². The molecule has 0 atom stereocenters. The number of hydrogen-bond donors (Lipinski definition) is 1. The topological polar surface area (TPSA) is 37.3 Å². The average Bonchev–Trinajstić information content (AvgIpc) is 2.20. The third kappa shape index (κ3) is 11.6. The first-order valence-electron chi connectivity index (χ1n) is 4.18. The molecule has 0 unspecified atom stereocenters. The predicted octanol–water partition coefficient (Wildman–Crippen LogP) is 1.92. The van der Waals surface area contributed by atoms with Gasteiger partial charge in [0, 0.05) is 6.08 Å². The first-order chi connectivity index (χ1) is 7.27. The van der Waals surface area contributed by atoms with E-state index in [1.165, 1.54) is 6.08 Å². The van der Waals surface area contributed by atoms with Crippen molar-refractivity contribution in [1.82, 2.24) is 0 Å². The molecule has 1 N–H and O–H groups in total. The zero-order valence-corrected chi connectivity index (χ0v) is 8.10. The fourth-order valence-corrected chi connectivity index (χ4v) is 0.590. The molecule has 0 aliphatic rings. The second-order valence-corrected chi connectivity index (χ2v) is 2.30. The Balaban J connectivity index is 3.91. The van der Waals surface area contributed by atoms with E-state index in [-0.39, 0.29) is 6.42 Å². The minimum absolute atomic E-state index is 0.0253. The molecule has 0 amide bonds. The van der Waals surface area contributed by atoms with Crippen LogP contribution in [-0.4, -0.2) is 11.1 Å². The quantitative estimate of drug-likeness (QED) is 0.425. The number of allylic oxidation sites excluding steroid dienone is 4. The lowest BCUT2D eigenvalue weighted by Crippen LogP contribution is -1.89. The summed E-state index contributed by atoms with van der Waals surface area (Å²) in [5, 5.41) is 8.30. The van der Waals surface area contributed by atoms with Crippen LogP contribution in [0.3, 0.4) is 0 Å². The van der Waals surface area contributed by atoms with Crippen LogP contribution >= 0.6 is 0 Å². The van der Waals surface area contributed by atoms with Gasteiger partial charge in [-0.05, 0) is 17.9 Å². The number of aliphatic carboxylic acids is 1. The van der Waals surface area contributed by atoms with E-state index in [9.17, 15) is 4.79 Å². The summed E-state index contributed by atoms with van der Waals surface area (Å²) in [4.78, 5) is 10.1. The summed E-state index contributed by atoms with van der Waals surface area (Å²) in [5.41, 5.74) is 2.76. The highest BCUT2D eigenvalue weighted by Crippen LogP contribution is 1.84. The van der Waals surface area contributed by atoms with Gasteiger partial charge < -0.3 is 5.11 Å². The SMILES string of the molecule is C#CC#CC=C=C/C=C/C=C/CC(=O)O. The number of carboxylic acids is 1. The van der Waals surface area contributed by atoms with Crippen LogP contribution in [0.15, 0.2) is 42.2 Å². The molecular weight excluding hydrogens is 188 g/mol. The molecule has 0 saturated carbocycles. The van der Waals surface area contributed by atoms with Crippen LogP contribution in [0, 0.1) is 24.2 Å². The van der Waals surface area contributed by atoms with Gasteiger partial charge in [-0.1, -0.05) is 30.2 Å². The predicted molar refractivity (Wildman–Crippen MR) is 59.8 cm³/mol. The maximum atomic E-state index is 10.1. The third-order valence-corrected chi connectivity index (χ3v) is 1.14. The molecule has 0 aromatic rings. The number of hydrogen-bond acceptors (Lipinski definition) is 1. The first-order valence-corrected chi connectivity index (χ1v) is 4.18. The second-order valence-electron chi connectivity index (χ2n) is 2.30. The Hall–Kier alpha value is -2.41. The number of carbonyl (C=O) groups is 1. The monoisotopic (exact) mass is 198 g/mol. The largest absolute Gasteiger partial charge is 0.481 e. The fraction of sp³-hybridized carbons (Fsp3) is 0.0769. The highest BCUT2D eigenvalue weighted by molar-refractivity contribution is 5.68. The molecule has 15 heavy (non-hydrogen) atoms. The molecule has 0 saturated heterocycles. The van der Waals surface area contributed by atoms with Crippen LogP contribution < -0.4 is 0 Å². The average molecular weight is 198 g/mol. The van der Waals surface area contributed by atoms with E-state index in [1.807, 2.05) is 0 Å². The Bertz CT molecular complexity index is 414. The van der Waals surface area contributed by atoms with Crippen LogP contribution in [-0.2, 0) is 4.79 Å². The van der Waals surface area contributed by atoms with Crippen LogP contribution in [0.5, 0.6) is 0 Å². The van der Waals surface area contributed by atoms with Crippen molar-refractivity contribution in [2.45, 2.75) is 6.42 Å². The fourth-order valence-electron chi connectivity index (χ4n) is 0.590. The van der Waals surface area contributed by atoms with Crippen LogP contribution in [0.1, 0.15) is 6.42 Å². The first kappa shape index (κ1) is 12.6.